The molecule has 102 valence electrons. The van der Waals surface area contributed by atoms with Crippen LogP contribution in [0.5, 0.6) is 0 Å². The Bertz CT molecular complexity index is 508. The Hall–Kier alpha value is -1.71. The molecule has 0 heterocycles. The van der Waals surface area contributed by atoms with E-state index in [9.17, 15) is 10.1 Å². The molecule has 0 bridgehead atoms. The minimum atomic E-state index is -0.474. The molecule has 0 amide bonds. The molecular formula is C10H12N4O3S2. The van der Waals surface area contributed by atoms with Gasteiger partial charge in [-0.05, 0) is 18.3 Å². The second-order valence-electron chi connectivity index (χ2n) is 3.29. The number of nitro benzene ring substituents is 1. The van der Waals surface area contributed by atoms with Gasteiger partial charge in [0.2, 0.25) is 0 Å². The summed E-state index contributed by atoms with van der Waals surface area (Å²) in [6.07, 6.45) is 1.38. The first-order valence-electron chi connectivity index (χ1n) is 5.15. The lowest BCUT2D eigenvalue weighted by Gasteiger charge is -2.02. The van der Waals surface area contributed by atoms with Gasteiger partial charge in [0.05, 0.1) is 22.6 Å². The number of rotatable bonds is 6. The monoisotopic (exact) mass is 300 g/mol. The number of hydrogen-bond acceptors (Lipinski definition) is 6. The van der Waals surface area contributed by atoms with E-state index in [1.165, 1.54) is 24.0 Å². The fourth-order valence-electron chi connectivity index (χ4n) is 1.21. The average Bonchev–Trinajstić information content (AvgIpc) is 2.36. The minimum Gasteiger partial charge on any atom is -0.396 e. The Labute approximate surface area is 119 Å². The van der Waals surface area contributed by atoms with Gasteiger partial charge in [0, 0.05) is 17.4 Å². The highest BCUT2D eigenvalue weighted by atomic mass is 32.2. The summed E-state index contributed by atoms with van der Waals surface area (Å²) in [7, 11) is 0. The first kappa shape index (κ1) is 15.3. The smallest absolute Gasteiger partial charge is 0.283 e. The van der Waals surface area contributed by atoms with E-state index < -0.39 is 4.92 Å². The van der Waals surface area contributed by atoms with Gasteiger partial charge in [-0.3, -0.25) is 15.5 Å². The van der Waals surface area contributed by atoms with Crippen LogP contribution in [0.3, 0.4) is 0 Å². The Morgan fingerprint density at radius 3 is 3.00 bits per heavy atom. The summed E-state index contributed by atoms with van der Waals surface area (Å²) < 4.78 is 0. The van der Waals surface area contributed by atoms with E-state index in [0.29, 0.717) is 16.2 Å². The van der Waals surface area contributed by atoms with Crippen molar-refractivity contribution < 1.29 is 10.0 Å². The zero-order valence-corrected chi connectivity index (χ0v) is 11.4. The molecule has 0 aliphatic rings. The third kappa shape index (κ3) is 5.20. The van der Waals surface area contributed by atoms with E-state index in [-0.39, 0.29) is 17.4 Å². The van der Waals surface area contributed by atoms with Crippen molar-refractivity contribution in [3.63, 3.8) is 0 Å². The highest BCUT2D eigenvalue weighted by Gasteiger charge is 2.14. The largest absolute Gasteiger partial charge is 0.396 e. The molecule has 1 rings (SSSR count). The van der Waals surface area contributed by atoms with Crippen LogP contribution in [0.25, 0.3) is 0 Å². The quantitative estimate of drug-likeness (QED) is 0.234. The maximum atomic E-state index is 10.9. The number of benzene rings is 1. The third-order valence-corrected chi connectivity index (χ3v) is 3.05. The van der Waals surface area contributed by atoms with Crippen LogP contribution in [0.4, 0.5) is 5.69 Å². The molecule has 9 heteroatoms. The van der Waals surface area contributed by atoms with Gasteiger partial charge in [-0.2, -0.15) is 5.10 Å². The topological polar surface area (TPSA) is 114 Å². The van der Waals surface area contributed by atoms with Crippen molar-refractivity contribution in [2.45, 2.75) is 4.90 Å². The number of hydrazone groups is 1. The number of thioether (sulfide) groups is 1. The van der Waals surface area contributed by atoms with Crippen molar-refractivity contribution in [1.82, 2.24) is 5.43 Å². The first-order chi connectivity index (χ1) is 9.04. The van der Waals surface area contributed by atoms with Gasteiger partial charge >= 0.3 is 0 Å². The molecule has 0 aromatic heterocycles. The van der Waals surface area contributed by atoms with Gasteiger partial charge in [0.25, 0.3) is 5.69 Å². The summed E-state index contributed by atoms with van der Waals surface area (Å²) in [4.78, 5) is 11.0. The molecule has 7 nitrogen and oxygen atoms in total. The molecule has 0 unspecified atom stereocenters. The zero-order valence-electron chi connectivity index (χ0n) is 9.78. The van der Waals surface area contributed by atoms with Crippen molar-refractivity contribution >= 4 is 41.0 Å². The summed E-state index contributed by atoms with van der Waals surface area (Å²) in [5, 5.41) is 23.4. The molecule has 0 spiro atoms. The fraction of sp³-hybridized carbons (Fsp3) is 0.200. The Morgan fingerprint density at radius 1 is 1.68 bits per heavy atom. The maximum Gasteiger partial charge on any atom is 0.283 e. The van der Waals surface area contributed by atoms with Gasteiger partial charge in [-0.1, -0.05) is 6.07 Å². The van der Waals surface area contributed by atoms with E-state index in [1.54, 1.807) is 12.1 Å². The van der Waals surface area contributed by atoms with Crippen molar-refractivity contribution in [3.05, 3.63) is 33.9 Å². The summed E-state index contributed by atoms with van der Waals surface area (Å²) in [5.74, 6) is 0.400. The van der Waals surface area contributed by atoms with Crippen molar-refractivity contribution in [2.24, 2.45) is 10.8 Å². The summed E-state index contributed by atoms with van der Waals surface area (Å²) in [6.45, 7) is -0.0388. The van der Waals surface area contributed by atoms with Gasteiger partial charge in [0.15, 0.2) is 5.11 Å². The Morgan fingerprint density at radius 2 is 2.42 bits per heavy atom. The molecule has 19 heavy (non-hydrogen) atoms. The number of nitrogens with one attached hydrogen (secondary N) is 1. The lowest BCUT2D eigenvalue weighted by atomic mass is 10.2. The number of aliphatic hydroxyl groups is 1. The van der Waals surface area contributed by atoms with E-state index >= 15 is 0 Å². The van der Waals surface area contributed by atoms with Crippen LogP contribution in [0, 0.1) is 10.1 Å². The molecule has 0 radical (unpaired) electrons. The lowest BCUT2D eigenvalue weighted by Crippen LogP contribution is -2.23. The fourth-order valence-corrected chi connectivity index (χ4v) is 2.01. The molecule has 0 saturated carbocycles. The molecule has 1 aromatic carbocycles. The summed E-state index contributed by atoms with van der Waals surface area (Å²) >= 11 is 5.78. The highest BCUT2D eigenvalue weighted by molar-refractivity contribution is 7.99. The molecule has 0 aliphatic heterocycles. The van der Waals surface area contributed by atoms with Crippen molar-refractivity contribution in [1.29, 1.82) is 0 Å². The second-order valence-corrected chi connectivity index (χ2v) is 4.87. The van der Waals surface area contributed by atoms with Crippen LogP contribution in [0.15, 0.2) is 28.2 Å². The van der Waals surface area contributed by atoms with E-state index in [0.717, 1.165) is 0 Å². The van der Waals surface area contributed by atoms with E-state index in [2.05, 4.69) is 22.7 Å². The number of thiocarbonyl (C=S) groups is 1. The van der Waals surface area contributed by atoms with Crippen molar-refractivity contribution in [3.8, 4) is 0 Å². The highest BCUT2D eigenvalue weighted by Crippen LogP contribution is 2.29. The molecule has 0 atom stereocenters. The van der Waals surface area contributed by atoms with Crippen LogP contribution >= 0.6 is 24.0 Å². The molecule has 0 saturated heterocycles. The zero-order chi connectivity index (χ0) is 14.3. The standard InChI is InChI=1S/C10H12N4O3S2/c11-10(18)13-12-6-7-1-2-9(19-4-3-15)8(5-7)14(16)17/h1-2,5-6,15H,3-4H2,(H3,11,13,18)/b12-6-. The van der Waals surface area contributed by atoms with Gasteiger partial charge in [0.1, 0.15) is 0 Å². The Balaban J connectivity index is 2.92. The van der Waals surface area contributed by atoms with E-state index in [4.69, 9.17) is 10.8 Å². The van der Waals surface area contributed by atoms with Gasteiger partial charge < -0.3 is 10.8 Å². The predicted octanol–water partition coefficient (Wildman–Crippen LogP) is 0.846. The van der Waals surface area contributed by atoms with Crippen LogP contribution in [0.1, 0.15) is 5.56 Å². The summed E-state index contributed by atoms with van der Waals surface area (Å²) in [6, 6.07) is 4.68. The number of hydrogen-bond donors (Lipinski definition) is 3. The lowest BCUT2D eigenvalue weighted by molar-refractivity contribution is -0.387. The minimum absolute atomic E-state index is 0.0147. The SMILES string of the molecule is NC(=S)N/N=C\c1ccc(SCCO)c([N+](=O)[O-])c1. The molecular weight excluding hydrogens is 288 g/mol. The van der Waals surface area contributed by atoms with Crippen LogP contribution < -0.4 is 11.2 Å². The van der Waals surface area contributed by atoms with Gasteiger partial charge in [-0.25, -0.2) is 0 Å². The first-order valence-corrected chi connectivity index (χ1v) is 6.54. The molecule has 1 aromatic rings. The summed E-state index contributed by atoms with van der Waals surface area (Å²) in [5.41, 5.74) is 8.06. The van der Waals surface area contributed by atoms with E-state index in [1.807, 2.05) is 0 Å². The number of aliphatic hydroxyl groups excluding tert-OH is 1. The molecule has 4 N–H and O–H groups in total. The molecule has 0 fully saturated rings. The molecule has 0 aliphatic carbocycles. The maximum absolute atomic E-state index is 10.9. The van der Waals surface area contributed by atoms with Crippen LogP contribution in [-0.2, 0) is 0 Å². The third-order valence-electron chi connectivity index (χ3n) is 1.92. The number of nitro groups is 1. The van der Waals surface area contributed by atoms with Crippen molar-refractivity contribution in [2.75, 3.05) is 12.4 Å². The normalized spacial score (nSPS) is 10.6. The van der Waals surface area contributed by atoms with Crippen LogP contribution in [0.2, 0.25) is 0 Å². The van der Waals surface area contributed by atoms with Crippen LogP contribution in [-0.4, -0.2) is 33.7 Å². The average molecular weight is 300 g/mol. The predicted molar refractivity (Wildman–Crippen MR) is 78.4 cm³/mol. The van der Waals surface area contributed by atoms with Gasteiger partial charge in [-0.15, -0.1) is 11.8 Å². The number of nitrogens with two attached hydrogens (primary N) is 1. The second kappa shape index (κ2) is 7.67. The Kier molecular flexibility index (Phi) is 6.19. The number of nitrogens with zero attached hydrogens (tertiary/aromatic N) is 2.